The second-order valence-electron chi connectivity index (χ2n) is 3.16. The van der Waals surface area contributed by atoms with Gasteiger partial charge in [-0.25, -0.2) is 4.98 Å². The van der Waals surface area contributed by atoms with E-state index < -0.39 is 0 Å². The van der Waals surface area contributed by atoms with E-state index in [4.69, 9.17) is 16.3 Å². The first-order valence-electron chi connectivity index (χ1n) is 4.43. The molecule has 0 saturated carbocycles. The average Bonchev–Trinajstić information content (AvgIpc) is 2.08. The molecule has 0 aliphatic carbocycles. The van der Waals surface area contributed by atoms with Crippen molar-refractivity contribution >= 4 is 11.6 Å². The first-order chi connectivity index (χ1) is 6.59. The SMILES string of the molecule is CC(C)OCCn1cnc(Cl)cc1=O. The first kappa shape index (κ1) is 11.2. The average molecular weight is 217 g/mol. The number of hydrogen-bond acceptors (Lipinski definition) is 3. The molecule has 0 aliphatic rings. The highest BCUT2D eigenvalue weighted by Crippen LogP contribution is 1.96. The van der Waals surface area contributed by atoms with E-state index in [1.54, 1.807) is 0 Å². The van der Waals surface area contributed by atoms with E-state index in [9.17, 15) is 4.79 Å². The van der Waals surface area contributed by atoms with Crippen LogP contribution in [0.25, 0.3) is 0 Å². The molecule has 0 aromatic carbocycles. The van der Waals surface area contributed by atoms with Gasteiger partial charge in [0.2, 0.25) is 0 Å². The number of aromatic nitrogens is 2. The monoisotopic (exact) mass is 216 g/mol. The molecule has 1 rings (SSSR count). The molecule has 0 atom stereocenters. The zero-order valence-electron chi connectivity index (χ0n) is 8.24. The summed E-state index contributed by atoms with van der Waals surface area (Å²) in [6.45, 7) is 4.90. The van der Waals surface area contributed by atoms with Crippen LogP contribution in [0, 0.1) is 0 Å². The summed E-state index contributed by atoms with van der Waals surface area (Å²) in [7, 11) is 0. The van der Waals surface area contributed by atoms with E-state index in [1.165, 1.54) is 17.0 Å². The van der Waals surface area contributed by atoms with Crippen molar-refractivity contribution in [3.63, 3.8) is 0 Å². The molecule has 14 heavy (non-hydrogen) atoms. The van der Waals surface area contributed by atoms with E-state index in [-0.39, 0.29) is 16.8 Å². The first-order valence-corrected chi connectivity index (χ1v) is 4.81. The van der Waals surface area contributed by atoms with Crippen LogP contribution in [-0.2, 0) is 11.3 Å². The van der Waals surface area contributed by atoms with Crippen molar-refractivity contribution in [3.05, 3.63) is 27.9 Å². The molecule has 0 N–H and O–H groups in total. The Kier molecular flexibility index (Phi) is 4.10. The zero-order valence-corrected chi connectivity index (χ0v) is 8.99. The van der Waals surface area contributed by atoms with Crippen LogP contribution in [0.5, 0.6) is 0 Å². The predicted octanol–water partition coefficient (Wildman–Crippen LogP) is 1.32. The van der Waals surface area contributed by atoms with Crippen molar-refractivity contribution in [2.24, 2.45) is 0 Å². The minimum absolute atomic E-state index is 0.155. The number of nitrogens with zero attached hydrogens (tertiary/aromatic N) is 2. The fraction of sp³-hybridized carbons (Fsp3) is 0.556. The van der Waals surface area contributed by atoms with E-state index in [0.717, 1.165) is 0 Å². The van der Waals surface area contributed by atoms with Gasteiger partial charge in [0.1, 0.15) is 5.15 Å². The standard InChI is InChI=1S/C9H13ClN2O2/c1-7(2)14-4-3-12-6-11-8(10)5-9(12)13/h5-7H,3-4H2,1-2H3. The molecule has 78 valence electrons. The van der Waals surface area contributed by atoms with Gasteiger partial charge in [-0.2, -0.15) is 0 Å². The molecule has 0 fully saturated rings. The predicted molar refractivity (Wildman–Crippen MR) is 54.6 cm³/mol. The second kappa shape index (κ2) is 5.12. The molecule has 0 saturated heterocycles. The van der Waals surface area contributed by atoms with Crippen LogP contribution in [-0.4, -0.2) is 22.3 Å². The topological polar surface area (TPSA) is 44.1 Å². The van der Waals surface area contributed by atoms with Gasteiger partial charge in [0.25, 0.3) is 5.56 Å². The maximum Gasteiger partial charge on any atom is 0.254 e. The molecular weight excluding hydrogens is 204 g/mol. The third-order valence-electron chi connectivity index (χ3n) is 1.63. The molecule has 0 spiro atoms. The van der Waals surface area contributed by atoms with E-state index in [2.05, 4.69) is 4.98 Å². The van der Waals surface area contributed by atoms with Crippen molar-refractivity contribution < 1.29 is 4.74 Å². The summed E-state index contributed by atoms with van der Waals surface area (Å²) in [5.74, 6) is 0. The van der Waals surface area contributed by atoms with Crippen LogP contribution >= 0.6 is 11.6 Å². The fourth-order valence-corrected chi connectivity index (χ4v) is 1.10. The van der Waals surface area contributed by atoms with Crippen LogP contribution in [0.1, 0.15) is 13.8 Å². The number of hydrogen-bond donors (Lipinski definition) is 0. The summed E-state index contributed by atoms with van der Waals surface area (Å²) < 4.78 is 6.78. The van der Waals surface area contributed by atoms with Crippen molar-refractivity contribution in [1.29, 1.82) is 0 Å². The lowest BCUT2D eigenvalue weighted by molar-refractivity contribution is 0.0721. The maximum atomic E-state index is 11.3. The molecule has 0 unspecified atom stereocenters. The molecular formula is C9H13ClN2O2. The highest BCUT2D eigenvalue weighted by atomic mass is 35.5. The van der Waals surface area contributed by atoms with E-state index >= 15 is 0 Å². The molecule has 1 aromatic heterocycles. The molecule has 1 aromatic rings. The van der Waals surface area contributed by atoms with Gasteiger partial charge in [-0.1, -0.05) is 11.6 Å². The summed E-state index contributed by atoms with van der Waals surface area (Å²) in [5, 5.41) is 0.219. The van der Waals surface area contributed by atoms with Crippen LogP contribution in [0.4, 0.5) is 0 Å². The van der Waals surface area contributed by atoms with Gasteiger partial charge in [-0.3, -0.25) is 9.36 Å². The smallest absolute Gasteiger partial charge is 0.254 e. The highest BCUT2D eigenvalue weighted by molar-refractivity contribution is 6.29. The van der Waals surface area contributed by atoms with E-state index in [1.807, 2.05) is 13.8 Å². The Bertz CT molecular complexity index is 349. The molecule has 5 heteroatoms. The van der Waals surface area contributed by atoms with Crippen molar-refractivity contribution in [3.8, 4) is 0 Å². The van der Waals surface area contributed by atoms with Crippen molar-refractivity contribution in [1.82, 2.24) is 9.55 Å². The summed E-state index contributed by atoms with van der Waals surface area (Å²) in [6, 6.07) is 1.29. The quantitative estimate of drug-likeness (QED) is 0.714. The minimum atomic E-state index is -0.155. The molecule has 0 aliphatic heterocycles. The second-order valence-corrected chi connectivity index (χ2v) is 3.55. The fourth-order valence-electron chi connectivity index (χ4n) is 0.959. The van der Waals surface area contributed by atoms with Crippen LogP contribution in [0.2, 0.25) is 5.15 Å². The van der Waals surface area contributed by atoms with Gasteiger partial charge in [0.15, 0.2) is 0 Å². The Hall–Kier alpha value is -0.870. The van der Waals surface area contributed by atoms with Crippen LogP contribution in [0.15, 0.2) is 17.2 Å². The Labute approximate surface area is 87.5 Å². The van der Waals surface area contributed by atoms with Gasteiger partial charge < -0.3 is 4.74 Å². The van der Waals surface area contributed by atoms with Crippen molar-refractivity contribution in [2.75, 3.05) is 6.61 Å². The maximum absolute atomic E-state index is 11.3. The third kappa shape index (κ3) is 3.47. The Morgan fingerprint density at radius 3 is 2.93 bits per heavy atom. The minimum Gasteiger partial charge on any atom is -0.377 e. The summed E-state index contributed by atoms with van der Waals surface area (Å²) >= 11 is 5.55. The van der Waals surface area contributed by atoms with Crippen molar-refractivity contribution in [2.45, 2.75) is 26.5 Å². The van der Waals surface area contributed by atoms with Gasteiger partial charge in [0.05, 0.1) is 25.6 Å². The molecule has 0 radical (unpaired) electrons. The lowest BCUT2D eigenvalue weighted by atomic mass is 10.5. The lowest BCUT2D eigenvalue weighted by Gasteiger charge is -2.08. The largest absolute Gasteiger partial charge is 0.377 e. The molecule has 0 amide bonds. The van der Waals surface area contributed by atoms with Gasteiger partial charge in [-0.05, 0) is 13.8 Å². The van der Waals surface area contributed by atoms with Gasteiger partial charge >= 0.3 is 0 Å². The summed E-state index contributed by atoms with van der Waals surface area (Å²) in [4.78, 5) is 15.1. The summed E-state index contributed by atoms with van der Waals surface area (Å²) in [5.41, 5.74) is -0.155. The zero-order chi connectivity index (χ0) is 10.6. The third-order valence-corrected chi connectivity index (χ3v) is 1.84. The summed E-state index contributed by atoms with van der Waals surface area (Å²) in [6.07, 6.45) is 1.60. The van der Waals surface area contributed by atoms with Gasteiger partial charge in [0, 0.05) is 6.07 Å². The number of ether oxygens (including phenoxy) is 1. The molecule has 1 heterocycles. The van der Waals surface area contributed by atoms with Crippen LogP contribution < -0.4 is 5.56 Å². The Morgan fingerprint density at radius 2 is 2.36 bits per heavy atom. The Morgan fingerprint density at radius 1 is 1.64 bits per heavy atom. The Balaban J connectivity index is 2.55. The van der Waals surface area contributed by atoms with Gasteiger partial charge in [-0.15, -0.1) is 0 Å². The highest BCUT2D eigenvalue weighted by Gasteiger charge is 1.98. The van der Waals surface area contributed by atoms with E-state index in [0.29, 0.717) is 13.2 Å². The lowest BCUT2D eigenvalue weighted by Crippen LogP contribution is -2.22. The number of rotatable bonds is 4. The molecule has 4 nitrogen and oxygen atoms in total. The number of halogens is 1. The van der Waals surface area contributed by atoms with Crippen LogP contribution in [0.3, 0.4) is 0 Å². The molecule has 0 bridgehead atoms. The normalized spacial score (nSPS) is 10.9.